The zero-order valence-electron chi connectivity index (χ0n) is 24.2. The van der Waals surface area contributed by atoms with E-state index in [-0.39, 0.29) is 30.0 Å². The third-order valence-corrected chi connectivity index (χ3v) is 8.05. The Balaban J connectivity index is 1.17. The van der Waals surface area contributed by atoms with Crippen LogP contribution in [0.3, 0.4) is 0 Å². The van der Waals surface area contributed by atoms with Crippen LogP contribution in [0.1, 0.15) is 62.4 Å². The normalized spacial score (nSPS) is 21.2. The van der Waals surface area contributed by atoms with Gasteiger partial charge in [-0.05, 0) is 58.4 Å². The zero-order chi connectivity index (χ0) is 29.1. The molecule has 1 saturated heterocycles. The second-order valence-corrected chi connectivity index (χ2v) is 11.6. The molecular formula is C31H41F2N3O5. The van der Waals surface area contributed by atoms with Crippen molar-refractivity contribution in [1.29, 1.82) is 0 Å². The van der Waals surface area contributed by atoms with E-state index in [0.717, 1.165) is 67.9 Å². The van der Waals surface area contributed by atoms with E-state index < -0.39 is 23.6 Å². The first-order valence-corrected chi connectivity index (χ1v) is 14.5. The number of alkyl halides is 1. The Hall–Kier alpha value is -3.11. The first-order valence-electron chi connectivity index (χ1n) is 14.5. The van der Waals surface area contributed by atoms with Crippen LogP contribution in [-0.4, -0.2) is 72.8 Å². The maximum atomic E-state index is 14.7. The number of benzene rings is 1. The van der Waals surface area contributed by atoms with E-state index in [4.69, 9.17) is 23.9 Å². The summed E-state index contributed by atoms with van der Waals surface area (Å²) in [6, 6.07) is 3.83. The molecule has 0 amide bonds. The van der Waals surface area contributed by atoms with Gasteiger partial charge in [0, 0.05) is 55.2 Å². The minimum Gasteiger partial charge on any atom is -0.511 e. The minimum absolute atomic E-state index is 0.0310. The largest absolute Gasteiger partial charge is 0.511 e. The fraction of sp³-hybridized carbons (Fsp3) is 0.581. The lowest BCUT2D eigenvalue weighted by molar-refractivity contribution is -0.0161. The monoisotopic (exact) mass is 573 g/mol. The number of aryl methyl sites for hydroxylation is 1. The number of aromatic nitrogens is 1. The van der Waals surface area contributed by atoms with Crippen molar-refractivity contribution < 1.29 is 32.8 Å². The van der Waals surface area contributed by atoms with E-state index in [1.165, 1.54) is 26.0 Å². The van der Waals surface area contributed by atoms with Crippen molar-refractivity contribution in [2.75, 3.05) is 45.3 Å². The predicted octanol–water partition coefficient (Wildman–Crippen LogP) is 5.70. The highest BCUT2D eigenvalue weighted by Gasteiger charge is 2.40. The van der Waals surface area contributed by atoms with Crippen LogP contribution in [0.15, 0.2) is 30.5 Å². The molecule has 1 aromatic carbocycles. The molecule has 5 rings (SSSR count). The number of hydrogen-bond donors (Lipinski definition) is 2. The van der Waals surface area contributed by atoms with Crippen LogP contribution in [0.4, 0.5) is 14.6 Å². The number of anilines is 1. The van der Waals surface area contributed by atoms with Crippen molar-refractivity contribution in [3.8, 4) is 17.2 Å². The molecule has 0 bridgehead atoms. The van der Waals surface area contributed by atoms with Crippen LogP contribution in [0.25, 0.3) is 0 Å². The number of likely N-dealkylation sites (tertiary alicyclic amines) is 1. The molecule has 1 fully saturated rings. The number of aliphatic hydroxyl groups excluding tert-OH is 1. The fourth-order valence-electron chi connectivity index (χ4n) is 5.84. The summed E-state index contributed by atoms with van der Waals surface area (Å²) in [5.74, 6) is 1.60. The van der Waals surface area contributed by atoms with Gasteiger partial charge >= 0.3 is 0 Å². The van der Waals surface area contributed by atoms with Crippen molar-refractivity contribution in [3.05, 3.63) is 53.2 Å². The summed E-state index contributed by atoms with van der Waals surface area (Å²) in [5.41, 5.74) is 0.865. The highest BCUT2D eigenvalue weighted by molar-refractivity contribution is 5.55. The molecule has 41 heavy (non-hydrogen) atoms. The first kappa shape index (κ1) is 29.4. The molecule has 1 aromatic heterocycles. The predicted molar refractivity (Wildman–Crippen MR) is 152 cm³/mol. The van der Waals surface area contributed by atoms with Crippen molar-refractivity contribution in [2.45, 2.75) is 76.3 Å². The Morgan fingerprint density at radius 2 is 2.15 bits per heavy atom. The van der Waals surface area contributed by atoms with Crippen LogP contribution in [0.5, 0.6) is 17.2 Å². The van der Waals surface area contributed by atoms with Gasteiger partial charge in [-0.25, -0.2) is 13.8 Å². The van der Waals surface area contributed by atoms with Gasteiger partial charge in [-0.15, -0.1) is 0 Å². The lowest BCUT2D eigenvalue weighted by Gasteiger charge is -2.36. The topological polar surface area (TPSA) is 85.3 Å². The smallest absolute Gasteiger partial charge is 0.167 e. The van der Waals surface area contributed by atoms with E-state index >= 15 is 0 Å². The summed E-state index contributed by atoms with van der Waals surface area (Å²) in [6.07, 6.45) is 4.56. The highest BCUT2D eigenvalue weighted by Crippen LogP contribution is 2.45. The second-order valence-electron chi connectivity index (χ2n) is 11.6. The molecule has 1 unspecified atom stereocenters. The molecule has 224 valence electrons. The summed E-state index contributed by atoms with van der Waals surface area (Å²) in [7, 11) is 1.70. The Kier molecular flexibility index (Phi) is 8.89. The van der Waals surface area contributed by atoms with E-state index in [9.17, 15) is 13.9 Å². The summed E-state index contributed by atoms with van der Waals surface area (Å²) in [4.78, 5) is 6.78. The van der Waals surface area contributed by atoms with Crippen LogP contribution < -0.4 is 19.5 Å². The number of methoxy groups -OCH3 is 1. The summed E-state index contributed by atoms with van der Waals surface area (Å²) in [5, 5.41) is 14.0. The summed E-state index contributed by atoms with van der Waals surface area (Å²) >= 11 is 0. The van der Waals surface area contributed by atoms with Gasteiger partial charge in [0.1, 0.15) is 35.4 Å². The number of pyridine rings is 1. The Labute approximate surface area is 240 Å². The van der Waals surface area contributed by atoms with Crippen LogP contribution in [-0.2, 0) is 17.6 Å². The van der Waals surface area contributed by atoms with Crippen LogP contribution in [0, 0.1) is 5.82 Å². The number of nitrogens with one attached hydrogen (secondary N) is 1. The van der Waals surface area contributed by atoms with Crippen molar-refractivity contribution in [1.82, 2.24) is 9.88 Å². The molecule has 2 aromatic rings. The zero-order valence-corrected chi connectivity index (χ0v) is 24.2. The second kappa shape index (κ2) is 12.4. The van der Waals surface area contributed by atoms with Crippen molar-refractivity contribution in [3.63, 3.8) is 0 Å². The maximum Gasteiger partial charge on any atom is 0.167 e. The molecule has 4 heterocycles. The molecule has 10 heteroatoms. The van der Waals surface area contributed by atoms with Gasteiger partial charge in [-0.3, -0.25) is 4.90 Å². The van der Waals surface area contributed by atoms with Gasteiger partial charge in [-0.1, -0.05) is 6.58 Å². The average Bonchev–Trinajstić information content (AvgIpc) is 3.39. The molecule has 0 spiro atoms. The number of unbranched alkanes of at least 4 members (excludes halogenated alkanes) is 1. The molecule has 3 aliphatic heterocycles. The molecular weight excluding hydrogens is 532 g/mol. The molecule has 8 nitrogen and oxygen atoms in total. The highest BCUT2D eigenvalue weighted by atomic mass is 19.1. The molecule has 3 aliphatic rings. The third kappa shape index (κ3) is 6.70. The average molecular weight is 574 g/mol. The van der Waals surface area contributed by atoms with Crippen LogP contribution in [0.2, 0.25) is 0 Å². The number of nitrogens with zero attached hydrogens (tertiary/aromatic N) is 2. The number of fused-ring (bicyclic) bond motifs is 2. The quantitative estimate of drug-likeness (QED) is 0.262. The molecule has 3 atom stereocenters. The Morgan fingerprint density at radius 1 is 1.32 bits per heavy atom. The van der Waals surface area contributed by atoms with Gasteiger partial charge in [0.25, 0.3) is 0 Å². The van der Waals surface area contributed by atoms with Crippen molar-refractivity contribution in [2.24, 2.45) is 0 Å². The van der Waals surface area contributed by atoms with Crippen LogP contribution >= 0.6 is 0 Å². The number of ether oxygens (including phenoxy) is 4. The lowest BCUT2D eigenvalue weighted by Crippen LogP contribution is -2.44. The van der Waals surface area contributed by atoms with E-state index in [1.807, 2.05) is 11.0 Å². The maximum absolute atomic E-state index is 14.7. The third-order valence-electron chi connectivity index (χ3n) is 8.05. The summed E-state index contributed by atoms with van der Waals surface area (Å²) < 4.78 is 52.7. The van der Waals surface area contributed by atoms with Gasteiger partial charge < -0.3 is 29.4 Å². The summed E-state index contributed by atoms with van der Waals surface area (Å²) in [6.45, 7) is 9.24. The van der Waals surface area contributed by atoms with Gasteiger partial charge in [0.05, 0.1) is 19.3 Å². The van der Waals surface area contributed by atoms with Crippen molar-refractivity contribution >= 4 is 5.82 Å². The molecule has 0 aliphatic carbocycles. The number of halogens is 2. The lowest BCUT2D eigenvalue weighted by atomic mass is 9.99. The molecule has 0 saturated carbocycles. The number of aliphatic hydroxyl groups is 1. The van der Waals surface area contributed by atoms with Gasteiger partial charge in [-0.2, -0.15) is 0 Å². The fourth-order valence-corrected chi connectivity index (χ4v) is 5.84. The minimum atomic E-state index is -1.67. The van der Waals surface area contributed by atoms with Gasteiger partial charge in [0.2, 0.25) is 0 Å². The SMILES string of the molecule is C=C(O)[C@H](c1cc(F)cc2c1OC(C(C)(C)F)CO2)N1CC[C@@H](OCCCCc2cc(OC)c3c(n2)NCCC3)C1. The molecule has 2 N–H and O–H groups in total. The number of rotatable bonds is 11. The van der Waals surface area contributed by atoms with Gasteiger partial charge in [0.15, 0.2) is 17.6 Å². The van der Waals surface area contributed by atoms with E-state index in [1.54, 1.807) is 7.11 Å². The number of hydrogen-bond acceptors (Lipinski definition) is 8. The van der Waals surface area contributed by atoms with E-state index in [2.05, 4.69) is 11.9 Å². The Morgan fingerprint density at radius 3 is 2.90 bits per heavy atom. The molecule has 0 radical (unpaired) electrons. The first-order chi connectivity index (χ1) is 19.6. The standard InChI is InChI=1S/C31H41F2N3O5/c1-19(37)28(24-14-20(32)15-26-29(24)41-27(18-40-26)31(2,3)33)36-12-10-22(17-36)39-13-6-5-8-21-16-25(38-4)23-9-7-11-34-30(23)35-21/h14-16,22,27-28,37H,1,5-13,17-18H2,2-4H3,(H,34,35)/t22-,27?,28-/m1/s1. The van der Waals surface area contributed by atoms with E-state index in [0.29, 0.717) is 25.3 Å². The Bertz CT molecular complexity index is 1230.